The summed E-state index contributed by atoms with van der Waals surface area (Å²) in [7, 11) is 0.0505. The summed E-state index contributed by atoms with van der Waals surface area (Å²) < 4.78 is 57.1. The minimum Gasteiger partial charge on any atom is -0.493 e. The molecule has 0 saturated carbocycles. The van der Waals surface area contributed by atoms with E-state index in [0.29, 0.717) is 55.2 Å². The van der Waals surface area contributed by atoms with Gasteiger partial charge in [-0.1, -0.05) is 19.6 Å². The molecule has 11 nitrogen and oxygen atoms in total. The quantitative estimate of drug-likeness (QED) is 0.159. The lowest BCUT2D eigenvalue weighted by Crippen LogP contribution is -2.36. The Morgan fingerprint density at radius 3 is 2.51 bits per heavy atom. The Balaban J connectivity index is 1.59. The van der Waals surface area contributed by atoms with Crippen molar-refractivity contribution in [3.05, 3.63) is 47.5 Å². The van der Waals surface area contributed by atoms with Gasteiger partial charge in [0.15, 0.2) is 11.4 Å². The normalized spacial score (nSPS) is 14.8. The van der Waals surface area contributed by atoms with Gasteiger partial charge in [-0.05, 0) is 55.0 Å². The van der Waals surface area contributed by atoms with Gasteiger partial charge in [-0.2, -0.15) is 23.4 Å². The standard InChI is InChI=1S/C30H38F3N7O4Si/c1-19-12-24(34-15-23(19)20-6-8-38(9-7-20)29(41)42)26-22(14-30(31,32)33)27(40(37-26)18-44-10-11-45(3,4)5)21-13-25(43-2)28-35-17-36-39(28)16-21/h12-13,15-17,20H,6-11,14,18H2,1-5H3,(H,41,42). The third kappa shape index (κ3) is 7.47. The van der Waals surface area contributed by atoms with Crippen molar-refractivity contribution in [2.75, 3.05) is 26.8 Å². The highest BCUT2D eigenvalue weighted by Gasteiger charge is 2.35. The summed E-state index contributed by atoms with van der Waals surface area (Å²) in [4.78, 5) is 21.6. The number of hydrogen-bond acceptors (Lipinski definition) is 7. The molecule has 0 spiro atoms. The average Bonchev–Trinajstić information content (AvgIpc) is 3.58. The molecule has 1 fully saturated rings. The summed E-state index contributed by atoms with van der Waals surface area (Å²) in [5, 5.41) is 18.2. The molecule has 1 saturated heterocycles. The number of piperidine rings is 1. The SMILES string of the molecule is COc1cc(-c2c(CC(F)(F)F)c(-c3cc(C)c(C4CCN(C(=O)O)CC4)cn3)nn2COCC[Si](C)(C)C)cn2ncnc12. The van der Waals surface area contributed by atoms with Gasteiger partial charge in [-0.3, -0.25) is 4.98 Å². The lowest BCUT2D eigenvalue weighted by molar-refractivity contribution is -0.127. The Morgan fingerprint density at radius 1 is 1.16 bits per heavy atom. The van der Waals surface area contributed by atoms with Gasteiger partial charge in [0, 0.05) is 51.3 Å². The van der Waals surface area contributed by atoms with Crippen molar-refractivity contribution in [1.29, 1.82) is 0 Å². The van der Waals surface area contributed by atoms with Gasteiger partial charge in [-0.15, -0.1) is 0 Å². The van der Waals surface area contributed by atoms with Gasteiger partial charge < -0.3 is 19.5 Å². The van der Waals surface area contributed by atoms with Crippen LogP contribution in [0.3, 0.4) is 0 Å². The number of fused-ring (bicyclic) bond motifs is 1. The molecule has 0 aromatic carbocycles. The van der Waals surface area contributed by atoms with E-state index in [4.69, 9.17) is 14.6 Å². The van der Waals surface area contributed by atoms with Gasteiger partial charge in [0.1, 0.15) is 18.8 Å². The predicted molar refractivity (Wildman–Crippen MR) is 164 cm³/mol. The van der Waals surface area contributed by atoms with Gasteiger partial charge in [0.05, 0.1) is 24.9 Å². The second-order valence-electron chi connectivity index (χ2n) is 12.6. The van der Waals surface area contributed by atoms with E-state index in [2.05, 4.69) is 34.7 Å². The number of alkyl halides is 3. The molecule has 5 rings (SSSR count). The van der Waals surface area contributed by atoms with Crippen LogP contribution in [0.25, 0.3) is 28.3 Å². The first-order chi connectivity index (χ1) is 21.2. The molecule has 0 bridgehead atoms. The first-order valence-corrected chi connectivity index (χ1v) is 18.5. The number of aromatic nitrogens is 6. The molecule has 1 amide bonds. The number of hydrogen-bond donors (Lipinski definition) is 1. The van der Waals surface area contributed by atoms with Crippen molar-refractivity contribution in [3.63, 3.8) is 0 Å². The second kappa shape index (κ2) is 12.8. The number of aryl methyl sites for hydroxylation is 1. The topological polar surface area (TPSA) is 120 Å². The van der Waals surface area contributed by atoms with Crippen molar-refractivity contribution in [1.82, 2.24) is 34.3 Å². The second-order valence-corrected chi connectivity index (χ2v) is 18.2. The predicted octanol–water partition coefficient (Wildman–Crippen LogP) is 6.25. The number of carboxylic acid groups (broad SMARTS) is 1. The van der Waals surface area contributed by atoms with E-state index < -0.39 is 26.8 Å². The minimum absolute atomic E-state index is 0.0350. The van der Waals surface area contributed by atoms with Crippen LogP contribution in [0.4, 0.5) is 18.0 Å². The summed E-state index contributed by atoms with van der Waals surface area (Å²) in [6.45, 7) is 9.81. The molecule has 242 valence electrons. The lowest BCUT2D eigenvalue weighted by Gasteiger charge is -2.30. The minimum atomic E-state index is -4.54. The number of likely N-dealkylation sites (tertiary alicyclic amines) is 1. The third-order valence-corrected chi connectivity index (χ3v) is 9.78. The maximum absolute atomic E-state index is 14.2. The molecule has 5 heterocycles. The maximum Gasteiger partial charge on any atom is 0.407 e. The van der Waals surface area contributed by atoms with E-state index in [1.54, 1.807) is 24.5 Å². The summed E-state index contributed by atoms with van der Waals surface area (Å²) >= 11 is 0. The van der Waals surface area contributed by atoms with Crippen molar-refractivity contribution < 1.29 is 32.5 Å². The first-order valence-electron chi connectivity index (χ1n) is 14.8. The summed E-state index contributed by atoms with van der Waals surface area (Å²) in [6.07, 6.45) is -0.772. The molecule has 4 aromatic rings. The molecule has 0 radical (unpaired) electrons. The molecule has 1 N–H and O–H groups in total. The number of carbonyl (C=O) groups is 1. The summed E-state index contributed by atoms with van der Waals surface area (Å²) in [6, 6.07) is 4.29. The lowest BCUT2D eigenvalue weighted by atomic mass is 9.87. The van der Waals surface area contributed by atoms with E-state index in [0.717, 1.165) is 17.2 Å². The van der Waals surface area contributed by atoms with Crippen LogP contribution in [0.15, 0.2) is 30.9 Å². The number of methoxy groups -OCH3 is 1. The molecule has 1 aliphatic heterocycles. The molecule has 0 unspecified atom stereocenters. The Labute approximate surface area is 260 Å². The molecule has 15 heteroatoms. The van der Waals surface area contributed by atoms with Crippen LogP contribution in [-0.4, -0.2) is 86.5 Å². The van der Waals surface area contributed by atoms with Crippen LogP contribution in [0, 0.1) is 6.92 Å². The zero-order chi connectivity index (χ0) is 32.5. The molecule has 1 aliphatic rings. The number of rotatable bonds is 10. The zero-order valence-corrected chi connectivity index (χ0v) is 27.1. The number of ether oxygens (including phenoxy) is 2. The van der Waals surface area contributed by atoms with Crippen LogP contribution in [0.1, 0.15) is 35.4 Å². The smallest absolute Gasteiger partial charge is 0.407 e. The van der Waals surface area contributed by atoms with E-state index in [-0.39, 0.29) is 29.6 Å². The fourth-order valence-corrected chi connectivity index (χ4v) is 6.46. The molecule has 0 aliphatic carbocycles. The molecule has 45 heavy (non-hydrogen) atoms. The number of pyridine rings is 2. The largest absolute Gasteiger partial charge is 0.493 e. The maximum atomic E-state index is 14.2. The Morgan fingerprint density at radius 2 is 1.89 bits per heavy atom. The van der Waals surface area contributed by atoms with Crippen molar-refractivity contribution >= 4 is 19.8 Å². The summed E-state index contributed by atoms with van der Waals surface area (Å²) in [5.74, 6) is 0.454. The van der Waals surface area contributed by atoms with E-state index >= 15 is 0 Å². The zero-order valence-electron chi connectivity index (χ0n) is 26.1. The van der Waals surface area contributed by atoms with Crippen LogP contribution < -0.4 is 4.74 Å². The van der Waals surface area contributed by atoms with E-state index in [9.17, 15) is 23.1 Å². The highest BCUT2D eigenvalue weighted by Crippen LogP contribution is 2.39. The van der Waals surface area contributed by atoms with Crippen LogP contribution >= 0.6 is 0 Å². The van der Waals surface area contributed by atoms with Gasteiger partial charge in [0.2, 0.25) is 0 Å². The molecular weight excluding hydrogens is 607 g/mol. The molecule has 0 atom stereocenters. The fourth-order valence-electron chi connectivity index (χ4n) is 5.70. The number of amides is 1. The molecule has 4 aromatic heterocycles. The Kier molecular flexibility index (Phi) is 9.21. The van der Waals surface area contributed by atoms with Crippen LogP contribution in [0.5, 0.6) is 5.75 Å². The van der Waals surface area contributed by atoms with E-state index in [1.807, 2.05) is 6.92 Å². The van der Waals surface area contributed by atoms with Crippen LogP contribution in [0.2, 0.25) is 25.7 Å². The van der Waals surface area contributed by atoms with Crippen molar-refractivity contribution in [2.24, 2.45) is 0 Å². The Hall–Kier alpha value is -3.98. The first kappa shape index (κ1) is 32.4. The van der Waals surface area contributed by atoms with Crippen molar-refractivity contribution in [3.8, 4) is 28.4 Å². The monoisotopic (exact) mass is 645 g/mol. The third-order valence-electron chi connectivity index (χ3n) is 8.07. The van der Waals surface area contributed by atoms with Crippen molar-refractivity contribution in [2.45, 2.75) is 70.7 Å². The fraction of sp³-hybridized carbons (Fsp3) is 0.500. The van der Waals surface area contributed by atoms with E-state index in [1.165, 1.54) is 27.5 Å². The number of halogens is 3. The Bertz CT molecular complexity index is 1670. The van der Waals surface area contributed by atoms with Gasteiger partial charge in [-0.25, -0.2) is 19.0 Å². The average molecular weight is 646 g/mol. The summed E-state index contributed by atoms with van der Waals surface area (Å²) in [5.41, 5.74) is 3.28. The highest BCUT2D eigenvalue weighted by atomic mass is 28.3. The van der Waals surface area contributed by atoms with Crippen LogP contribution in [-0.2, 0) is 17.9 Å². The van der Waals surface area contributed by atoms with Gasteiger partial charge >= 0.3 is 12.3 Å². The number of nitrogens with zero attached hydrogens (tertiary/aromatic N) is 7. The molecular formula is C30H38F3N7O4Si. The highest BCUT2D eigenvalue weighted by molar-refractivity contribution is 6.76. The van der Waals surface area contributed by atoms with Gasteiger partial charge in [0.25, 0.3) is 0 Å².